The van der Waals surface area contributed by atoms with Gasteiger partial charge in [0.25, 0.3) is 0 Å². The van der Waals surface area contributed by atoms with Crippen molar-refractivity contribution in [3.63, 3.8) is 0 Å². The van der Waals surface area contributed by atoms with E-state index in [1.54, 1.807) is 0 Å². The fourth-order valence-corrected chi connectivity index (χ4v) is 0. The van der Waals surface area contributed by atoms with Crippen molar-refractivity contribution in [2.24, 2.45) is 0 Å². The first-order valence-electron chi connectivity index (χ1n) is 1.33. The van der Waals surface area contributed by atoms with Crippen molar-refractivity contribution >= 4 is 0 Å². The third kappa shape index (κ3) is 1250. The van der Waals surface area contributed by atoms with Crippen LogP contribution in [0.2, 0.25) is 0 Å². The first-order valence-corrected chi connectivity index (χ1v) is 5.50. The van der Waals surface area contributed by atoms with Gasteiger partial charge in [-0.1, -0.05) is 0 Å². The summed E-state index contributed by atoms with van der Waals surface area (Å²) in [4.78, 5) is 0. The summed E-state index contributed by atoms with van der Waals surface area (Å²) < 4.78 is 68.8. The van der Waals surface area contributed by atoms with Gasteiger partial charge in [0.15, 0.2) is 0 Å². The Hall–Kier alpha value is 0.819. The van der Waals surface area contributed by atoms with E-state index in [2.05, 4.69) is 0 Å². The van der Waals surface area contributed by atoms with E-state index < -0.39 is 27.2 Å². The Kier molecular flexibility index (Phi) is 10.3. The Morgan fingerprint density at radius 3 is 0.636 bits per heavy atom. The van der Waals surface area contributed by atoms with Gasteiger partial charge >= 0.3 is 80.8 Å². The Bertz CT molecular complexity index is 208. The molecule has 0 bridgehead atoms. The zero-order chi connectivity index (χ0) is 9.00. The Morgan fingerprint density at radius 2 is 0.636 bits per heavy atom. The Morgan fingerprint density at radius 1 is 0.636 bits per heavy atom. The van der Waals surface area contributed by atoms with E-state index in [4.69, 9.17) is 31.8 Å². The van der Waals surface area contributed by atoms with Crippen LogP contribution in [0.1, 0.15) is 0 Å². The van der Waals surface area contributed by atoms with E-state index in [0.29, 0.717) is 0 Å². The van der Waals surface area contributed by atoms with Gasteiger partial charge in [-0.2, -0.15) is 0 Å². The van der Waals surface area contributed by atoms with Crippen LogP contribution >= 0.6 is 0 Å². The van der Waals surface area contributed by atoms with Crippen molar-refractivity contribution in [1.29, 1.82) is 0 Å². The molecular formula is Cr2O8Ti. The van der Waals surface area contributed by atoms with Crippen molar-refractivity contribution in [2.75, 3.05) is 0 Å². The van der Waals surface area contributed by atoms with Crippen LogP contribution in [0.25, 0.3) is 0 Å². The molecule has 0 spiro atoms. The molecule has 0 N–H and O–H groups in total. The van der Waals surface area contributed by atoms with Gasteiger partial charge in [-0.25, -0.2) is 0 Å². The fraction of sp³-hybridized carbons (Fsp3) is 0. The first-order chi connectivity index (χ1) is 4.00. The van der Waals surface area contributed by atoms with Gasteiger partial charge < -0.3 is 0 Å². The van der Waals surface area contributed by atoms with Gasteiger partial charge in [0.1, 0.15) is 0 Å². The molecule has 0 saturated carbocycles. The molecule has 0 radical (unpaired) electrons. The average molecular weight is 280 g/mol. The van der Waals surface area contributed by atoms with Crippen molar-refractivity contribution in [3.05, 3.63) is 0 Å². The minimum absolute atomic E-state index is 0. The molecule has 0 atom stereocenters. The van der Waals surface area contributed by atoms with E-state index in [1.165, 1.54) is 0 Å². The van der Waals surface area contributed by atoms with Crippen LogP contribution in [0.4, 0.5) is 0 Å². The minimum atomic E-state index is -5.75. The average Bonchev–Trinajstić information content (AvgIpc) is 1.12. The summed E-state index contributed by atoms with van der Waals surface area (Å²) in [6.07, 6.45) is 0. The molecule has 0 unspecified atom stereocenters. The molecule has 0 amide bonds. The number of hydrogen-bond donors (Lipinski definition) is 0. The largest absolute Gasteiger partial charge is 4.00 e. The van der Waals surface area contributed by atoms with Crippen LogP contribution in [0.3, 0.4) is 0 Å². The maximum atomic E-state index is 8.59. The molecule has 0 aliphatic carbocycles. The third-order valence-corrected chi connectivity index (χ3v) is 0. The second-order valence-corrected chi connectivity index (χ2v) is 3.37. The monoisotopic (exact) mass is 280 g/mol. The molecule has 0 aromatic heterocycles. The first kappa shape index (κ1) is 17.8. The predicted molar refractivity (Wildman–Crippen MR) is 2.75 cm³/mol. The summed E-state index contributed by atoms with van der Waals surface area (Å²) in [7, 11) is 0. The number of rotatable bonds is 0. The molecule has 11 heteroatoms. The predicted octanol–water partition coefficient (Wildman–Crippen LogP) is -5.24. The standard InChI is InChI=1S/2Cr.8O.Ti/q;;;;;;4*-1;+4. The molecule has 0 aliphatic rings. The second kappa shape index (κ2) is 6.35. The molecule has 0 rings (SSSR count). The SMILES string of the molecule is [O]=[Cr](=[O])([O-])[O-].[O]=[Cr](=[O])([O-])[O-].[Ti+4]. The smallest absolute Gasteiger partial charge is 4.00 e. The van der Waals surface area contributed by atoms with Crippen LogP contribution in [0.15, 0.2) is 0 Å². The van der Waals surface area contributed by atoms with E-state index in [0.717, 1.165) is 0 Å². The maximum Gasteiger partial charge on any atom is 4.00 e. The minimum Gasteiger partial charge on any atom is 4.00 e. The summed E-state index contributed by atoms with van der Waals surface area (Å²) >= 11 is -11.5. The molecule has 64 valence electrons. The van der Waals surface area contributed by atoms with E-state index in [9.17, 15) is 0 Å². The van der Waals surface area contributed by atoms with Crippen LogP contribution in [-0.2, 0) is 64.2 Å². The van der Waals surface area contributed by atoms with Gasteiger partial charge in [0.05, 0.1) is 0 Å². The van der Waals surface area contributed by atoms with Gasteiger partial charge in [0.2, 0.25) is 0 Å². The molecule has 0 heterocycles. The van der Waals surface area contributed by atoms with Crippen LogP contribution in [-0.4, -0.2) is 0 Å². The summed E-state index contributed by atoms with van der Waals surface area (Å²) in [5.74, 6) is 0. The summed E-state index contributed by atoms with van der Waals surface area (Å²) in [5.41, 5.74) is 0. The molecule has 11 heavy (non-hydrogen) atoms. The van der Waals surface area contributed by atoms with Crippen molar-refractivity contribution < 1.29 is 80.8 Å². The summed E-state index contributed by atoms with van der Waals surface area (Å²) in [6.45, 7) is 0. The zero-order valence-corrected chi connectivity index (χ0v) is 8.69. The molecule has 8 nitrogen and oxygen atoms in total. The normalized spacial score (nSPS) is 10.5. The van der Waals surface area contributed by atoms with Crippen molar-refractivity contribution in [3.8, 4) is 0 Å². The van der Waals surface area contributed by atoms with Gasteiger partial charge in [-0.05, 0) is 0 Å². The molecule has 0 saturated heterocycles. The van der Waals surface area contributed by atoms with E-state index in [1.807, 2.05) is 0 Å². The van der Waals surface area contributed by atoms with Crippen LogP contribution < -0.4 is 16.6 Å². The van der Waals surface area contributed by atoms with Gasteiger partial charge in [0, 0.05) is 0 Å². The number of hydrogen-bond acceptors (Lipinski definition) is 8. The molecular weight excluding hydrogens is 280 g/mol. The zero-order valence-electron chi connectivity index (χ0n) is 4.58. The Balaban J connectivity index is -0.000000107. The van der Waals surface area contributed by atoms with Crippen LogP contribution in [0.5, 0.6) is 0 Å². The van der Waals surface area contributed by atoms with Gasteiger partial charge in [-0.15, -0.1) is 0 Å². The molecule has 0 aromatic rings. The maximum absolute atomic E-state index is 8.59. The molecule has 0 fully saturated rings. The second-order valence-electron chi connectivity index (χ2n) is 0.816. The van der Waals surface area contributed by atoms with Crippen molar-refractivity contribution in [1.82, 2.24) is 0 Å². The Labute approximate surface area is 80.5 Å². The van der Waals surface area contributed by atoms with Gasteiger partial charge in [-0.3, -0.25) is 0 Å². The topological polar surface area (TPSA) is 161 Å². The molecule has 0 aromatic carbocycles. The quantitative estimate of drug-likeness (QED) is 0.397. The van der Waals surface area contributed by atoms with Crippen molar-refractivity contribution in [2.45, 2.75) is 0 Å². The summed E-state index contributed by atoms with van der Waals surface area (Å²) in [6, 6.07) is 0. The molecule has 0 aliphatic heterocycles. The summed E-state index contributed by atoms with van der Waals surface area (Å²) in [5, 5.41) is 0. The van der Waals surface area contributed by atoms with Crippen LogP contribution in [0, 0.1) is 0 Å². The fourth-order valence-electron chi connectivity index (χ4n) is 0. The van der Waals surface area contributed by atoms with E-state index >= 15 is 0 Å². The van der Waals surface area contributed by atoms with E-state index in [-0.39, 0.29) is 21.7 Å². The third-order valence-electron chi connectivity index (χ3n) is 0.